The predicted molar refractivity (Wildman–Crippen MR) is 106 cm³/mol. The monoisotopic (exact) mass is 376 g/mol. The third kappa shape index (κ3) is 1.76. The first-order valence-corrected chi connectivity index (χ1v) is 9.03. The van der Waals surface area contributed by atoms with Crippen molar-refractivity contribution in [1.29, 1.82) is 0 Å². The number of hydrogen-bond donors (Lipinski definition) is 4. The van der Waals surface area contributed by atoms with E-state index in [1.165, 1.54) is 0 Å². The van der Waals surface area contributed by atoms with Crippen LogP contribution >= 0.6 is 0 Å². The molecule has 4 nitrogen and oxygen atoms in total. The molecule has 0 unspecified atom stereocenters. The van der Waals surface area contributed by atoms with Crippen LogP contribution in [-0.2, 0) is 5.41 Å². The van der Waals surface area contributed by atoms with Crippen LogP contribution in [0.5, 0.6) is 11.5 Å². The first kappa shape index (κ1) is 15.7. The molecule has 2 aromatic rings. The Morgan fingerprint density at radius 3 is 1.48 bits per heavy atom. The molecule has 0 heterocycles. The molecule has 136 valence electrons. The molecular weight excluding hydrogens is 364 g/mol. The normalized spacial score (nSPS) is 18.6. The second-order valence-electron chi connectivity index (χ2n) is 7.35. The zero-order valence-electron chi connectivity index (χ0n) is 14.9. The summed E-state index contributed by atoms with van der Waals surface area (Å²) < 4.78 is 0. The van der Waals surface area contributed by atoms with Gasteiger partial charge in [0.2, 0.25) is 0 Å². The number of allylic oxidation sites excluding steroid dienone is 6. The van der Waals surface area contributed by atoms with Gasteiger partial charge in [-0.15, -0.1) is 0 Å². The van der Waals surface area contributed by atoms with Crippen molar-refractivity contribution in [3.8, 4) is 22.6 Å². The minimum absolute atomic E-state index is 0.0700. The molecule has 0 amide bonds. The maximum atomic E-state index is 10.3. The standard InChI is InChI=1S/C25H12O4/c26-13-1-5-17-18-6-2-14(27)10-22(18)25(21(17)9-13)23-11-15(28)3-7-19(23)20-8-4-16(29)12-24(20)25/h1-2,5-6,9-12,26-29H. The van der Waals surface area contributed by atoms with Crippen LogP contribution in [0, 0.1) is 0 Å². The van der Waals surface area contributed by atoms with Gasteiger partial charge in [-0.3, -0.25) is 0 Å². The summed E-state index contributed by atoms with van der Waals surface area (Å²) >= 11 is 0. The molecule has 4 aliphatic carbocycles. The van der Waals surface area contributed by atoms with Crippen molar-refractivity contribution in [2.24, 2.45) is 0 Å². The lowest BCUT2D eigenvalue weighted by atomic mass is 9.69. The van der Waals surface area contributed by atoms with E-state index < -0.39 is 5.41 Å². The van der Waals surface area contributed by atoms with Crippen molar-refractivity contribution >= 4 is 0 Å². The molecule has 4 N–H and O–H groups in total. The summed E-state index contributed by atoms with van der Waals surface area (Å²) in [4.78, 5) is 0. The van der Waals surface area contributed by atoms with E-state index in [1.54, 1.807) is 36.4 Å². The van der Waals surface area contributed by atoms with Gasteiger partial charge >= 0.3 is 0 Å². The summed E-state index contributed by atoms with van der Waals surface area (Å²) in [6.07, 6.45) is 3.23. The zero-order chi connectivity index (χ0) is 19.9. The van der Waals surface area contributed by atoms with E-state index in [-0.39, 0.29) is 23.0 Å². The van der Waals surface area contributed by atoms with E-state index >= 15 is 0 Å². The van der Waals surface area contributed by atoms with Gasteiger partial charge in [0.05, 0.1) is 5.41 Å². The van der Waals surface area contributed by atoms with Gasteiger partial charge < -0.3 is 20.4 Å². The van der Waals surface area contributed by atoms with E-state index in [1.807, 2.05) is 12.1 Å². The van der Waals surface area contributed by atoms with Gasteiger partial charge in [0.25, 0.3) is 0 Å². The zero-order valence-corrected chi connectivity index (χ0v) is 14.9. The Morgan fingerprint density at radius 2 is 1.03 bits per heavy atom. The summed E-state index contributed by atoms with van der Waals surface area (Å²) in [6, 6.07) is 10.3. The number of fused-ring (bicyclic) bond motifs is 10. The lowest BCUT2D eigenvalue weighted by Crippen LogP contribution is -2.26. The van der Waals surface area contributed by atoms with Crippen LogP contribution in [-0.4, -0.2) is 20.4 Å². The van der Waals surface area contributed by atoms with Gasteiger partial charge in [0, 0.05) is 11.1 Å². The molecule has 0 atom stereocenters. The van der Waals surface area contributed by atoms with Crippen molar-refractivity contribution in [1.82, 2.24) is 0 Å². The minimum Gasteiger partial charge on any atom is -0.508 e. The SMILES string of the molecule is OC1=C=C=C2C3=C=C=C(O)C=C3C3(C2=C1)c1cc(O)ccc1-c1ccc(O)cc13. The van der Waals surface area contributed by atoms with E-state index in [4.69, 9.17) is 0 Å². The summed E-state index contributed by atoms with van der Waals surface area (Å²) in [5, 5.41) is 41.1. The first-order valence-electron chi connectivity index (χ1n) is 9.03. The molecule has 0 bridgehead atoms. The van der Waals surface area contributed by atoms with Crippen LogP contribution in [0.1, 0.15) is 11.1 Å². The highest BCUT2D eigenvalue weighted by molar-refractivity contribution is 5.93. The maximum Gasteiger partial charge on any atom is 0.167 e. The van der Waals surface area contributed by atoms with Crippen molar-refractivity contribution in [2.75, 3.05) is 0 Å². The number of rotatable bonds is 0. The van der Waals surface area contributed by atoms with Crippen LogP contribution in [0.15, 0.2) is 105 Å². The number of phenolic OH excluding ortho intramolecular Hbond substituents is 2. The van der Waals surface area contributed by atoms with Gasteiger partial charge in [-0.25, -0.2) is 0 Å². The van der Waals surface area contributed by atoms with Crippen LogP contribution in [0.2, 0.25) is 0 Å². The van der Waals surface area contributed by atoms with Crippen molar-refractivity contribution < 1.29 is 20.4 Å². The fourth-order valence-electron chi connectivity index (χ4n) is 4.89. The predicted octanol–water partition coefficient (Wildman–Crippen LogP) is 4.50. The number of aromatic hydroxyl groups is 2. The number of aliphatic hydroxyl groups excluding tert-OH is 2. The van der Waals surface area contributed by atoms with E-state index in [0.717, 1.165) is 33.4 Å². The smallest absolute Gasteiger partial charge is 0.167 e. The molecule has 4 aliphatic rings. The maximum absolute atomic E-state index is 10.3. The van der Waals surface area contributed by atoms with Gasteiger partial charge in [0.15, 0.2) is 11.5 Å². The molecule has 29 heavy (non-hydrogen) atoms. The topological polar surface area (TPSA) is 80.9 Å². The Balaban J connectivity index is 1.86. The van der Waals surface area contributed by atoms with Crippen molar-refractivity contribution in [3.05, 3.63) is 116 Å². The average Bonchev–Trinajstić information content (AvgIpc) is 3.13. The lowest BCUT2D eigenvalue weighted by molar-refractivity contribution is 0.431. The van der Waals surface area contributed by atoms with Crippen molar-refractivity contribution in [2.45, 2.75) is 5.41 Å². The molecule has 0 aliphatic heterocycles. The van der Waals surface area contributed by atoms with Crippen molar-refractivity contribution in [3.63, 3.8) is 0 Å². The summed E-state index contributed by atoms with van der Waals surface area (Å²) in [5.74, 6) is 0.0574. The molecule has 0 saturated heterocycles. The summed E-state index contributed by atoms with van der Waals surface area (Å²) in [5.41, 5.74) is 16.6. The Labute approximate surface area is 165 Å². The quantitative estimate of drug-likeness (QED) is 0.510. The highest BCUT2D eigenvalue weighted by atomic mass is 16.3. The Bertz CT molecular complexity index is 1360. The molecule has 0 aromatic heterocycles. The fraction of sp³-hybridized carbons (Fsp3) is 0.0400. The van der Waals surface area contributed by atoms with Gasteiger partial charge in [0.1, 0.15) is 11.5 Å². The van der Waals surface area contributed by atoms with Gasteiger partial charge in [-0.05, 0) is 81.3 Å². The molecule has 1 saturated carbocycles. The molecule has 4 heteroatoms. The second-order valence-corrected chi connectivity index (χ2v) is 7.35. The lowest BCUT2D eigenvalue weighted by Gasteiger charge is -2.31. The van der Waals surface area contributed by atoms with Crippen LogP contribution < -0.4 is 0 Å². The third-order valence-corrected chi connectivity index (χ3v) is 5.89. The van der Waals surface area contributed by atoms with Crippen LogP contribution in [0.25, 0.3) is 11.1 Å². The highest BCUT2D eigenvalue weighted by Crippen LogP contribution is 2.65. The number of hydrogen-bond acceptors (Lipinski definition) is 4. The third-order valence-electron chi connectivity index (χ3n) is 5.89. The minimum atomic E-state index is -0.959. The Hall–Kier alpha value is -4.28. The Kier molecular flexibility index (Phi) is 2.69. The second kappa shape index (κ2) is 4.95. The van der Waals surface area contributed by atoms with Crippen LogP contribution in [0.3, 0.4) is 0 Å². The molecule has 6 rings (SSSR count). The van der Waals surface area contributed by atoms with E-state index in [9.17, 15) is 20.4 Å². The van der Waals surface area contributed by atoms with E-state index in [0.29, 0.717) is 11.1 Å². The number of benzene rings is 2. The number of aliphatic hydroxyl groups is 2. The molecule has 0 radical (unpaired) electrons. The first-order chi connectivity index (χ1) is 14.0. The van der Waals surface area contributed by atoms with Gasteiger partial charge in [-0.2, -0.15) is 0 Å². The summed E-state index contributed by atoms with van der Waals surface area (Å²) in [7, 11) is 0. The molecular formula is C25H12O4. The van der Waals surface area contributed by atoms with E-state index in [2.05, 4.69) is 22.9 Å². The van der Waals surface area contributed by atoms with Crippen LogP contribution in [0.4, 0.5) is 0 Å². The summed E-state index contributed by atoms with van der Waals surface area (Å²) in [6.45, 7) is 0. The van der Waals surface area contributed by atoms with Gasteiger partial charge in [-0.1, -0.05) is 23.6 Å². The largest absolute Gasteiger partial charge is 0.508 e. The average molecular weight is 376 g/mol. The number of phenols is 2. The molecule has 2 aromatic carbocycles. The fourth-order valence-corrected chi connectivity index (χ4v) is 4.89. The molecule has 1 spiro atoms. The molecule has 1 fully saturated rings. The highest BCUT2D eigenvalue weighted by Gasteiger charge is 2.56. The Morgan fingerprint density at radius 1 is 0.586 bits per heavy atom.